The second kappa shape index (κ2) is 6.91. The topological polar surface area (TPSA) is 61.2 Å². The van der Waals surface area contributed by atoms with Crippen molar-refractivity contribution in [1.29, 1.82) is 0 Å². The maximum absolute atomic E-state index is 5.89. The second-order valence-corrected chi connectivity index (χ2v) is 4.32. The lowest BCUT2D eigenvalue weighted by Crippen LogP contribution is -2.14. The number of aromatic nitrogens is 3. The van der Waals surface area contributed by atoms with Crippen LogP contribution < -0.4 is 14.8 Å². The van der Waals surface area contributed by atoms with Crippen molar-refractivity contribution in [2.75, 3.05) is 13.7 Å². The minimum absolute atomic E-state index is 0.357. The summed E-state index contributed by atoms with van der Waals surface area (Å²) in [6, 6.07) is 5.87. The molecule has 20 heavy (non-hydrogen) atoms. The van der Waals surface area contributed by atoms with Gasteiger partial charge in [-0.2, -0.15) is 5.10 Å². The molecule has 0 aliphatic carbocycles. The van der Waals surface area contributed by atoms with Crippen molar-refractivity contribution in [3.8, 4) is 11.5 Å². The van der Waals surface area contributed by atoms with E-state index in [9.17, 15) is 0 Å². The van der Waals surface area contributed by atoms with Gasteiger partial charge >= 0.3 is 0 Å². The van der Waals surface area contributed by atoms with Crippen LogP contribution in [0.15, 0.2) is 24.5 Å². The first-order valence-electron chi connectivity index (χ1n) is 6.58. The Hall–Kier alpha value is -2.08. The van der Waals surface area contributed by atoms with Gasteiger partial charge in [-0.05, 0) is 12.6 Å². The van der Waals surface area contributed by atoms with Crippen LogP contribution in [-0.4, -0.2) is 28.4 Å². The highest BCUT2D eigenvalue weighted by molar-refractivity contribution is 5.46. The number of para-hydroxylation sites is 1. The fraction of sp³-hybridized carbons (Fsp3) is 0.429. The quantitative estimate of drug-likeness (QED) is 0.830. The second-order valence-electron chi connectivity index (χ2n) is 4.32. The molecular weight excluding hydrogens is 256 g/mol. The number of nitrogens with zero attached hydrogens (tertiary/aromatic N) is 3. The molecule has 0 atom stereocenters. The Morgan fingerprint density at radius 2 is 2.20 bits per heavy atom. The summed E-state index contributed by atoms with van der Waals surface area (Å²) in [6.07, 6.45) is 1.51. The van der Waals surface area contributed by atoms with E-state index in [0.717, 1.165) is 36.0 Å². The third-order valence-corrected chi connectivity index (χ3v) is 3.00. The van der Waals surface area contributed by atoms with E-state index in [0.29, 0.717) is 6.61 Å². The average molecular weight is 276 g/mol. The zero-order valence-corrected chi connectivity index (χ0v) is 12.1. The molecule has 0 bridgehead atoms. The first-order chi connectivity index (χ1) is 9.76. The zero-order valence-electron chi connectivity index (χ0n) is 12.1. The first kappa shape index (κ1) is 14.3. The van der Waals surface area contributed by atoms with Crippen LogP contribution in [0.25, 0.3) is 0 Å². The fourth-order valence-corrected chi connectivity index (χ4v) is 1.87. The van der Waals surface area contributed by atoms with E-state index in [1.54, 1.807) is 11.8 Å². The molecule has 1 heterocycles. The number of methoxy groups -OCH3 is 1. The lowest BCUT2D eigenvalue weighted by molar-refractivity contribution is 0.268. The molecule has 0 spiro atoms. The lowest BCUT2D eigenvalue weighted by Gasteiger charge is -2.15. The van der Waals surface area contributed by atoms with Gasteiger partial charge in [0.1, 0.15) is 12.9 Å². The Labute approximate surface area is 118 Å². The van der Waals surface area contributed by atoms with Crippen LogP contribution >= 0.6 is 0 Å². The molecule has 2 rings (SSSR count). The molecule has 0 aliphatic heterocycles. The van der Waals surface area contributed by atoms with Gasteiger partial charge < -0.3 is 14.8 Å². The van der Waals surface area contributed by atoms with Crippen LogP contribution in [0.3, 0.4) is 0 Å². The third-order valence-electron chi connectivity index (χ3n) is 3.00. The molecule has 1 N–H and O–H groups in total. The third kappa shape index (κ3) is 3.27. The largest absolute Gasteiger partial charge is 0.493 e. The van der Waals surface area contributed by atoms with E-state index in [2.05, 4.69) is 22.3 Å². The van der Waals surface area contributed by atoms with Crippen molar-refractivity contribution < 1.29 is 9.47 Å². The molecule has 0 unspecified atom stereocenters. The lowest BCUT2D eigenvalue weighted by atomic mass is 10.2. The van der Waals surface area contributed by atoms with E-state index in [4.69, 9.17) is 9.47 Å². The summed E-state index contributed by atoms with van der Waals surface area (Å²) in [5.41, 5.74) is 1.06. The normalized spacial score (nSPS) is 10.6. The smallest absolute Gasteiger partial charge is 0.166 e. The first-order valence-corrected chi connectivity index (χ1v) is 6.58. The van der Waals surface area contributed by atoms with E-state index in [1.165, 1.54) is 6.33 Å². The minimum atomic E-state index is 0.357. The van der Waals surface area contributed by atoms with Crippen molar-refractivity contribution in [2.45, 2.75) is 20.1 Å². The van der Waals surface area contributed by atoms with Gasteiger partial charge in [-0.15, -0.1) is 0 Å². The molecule has 0 saturated carbocycles. The average Bonchev–Trinajstić information content (AvgIpc) is 2.88. The van der Waals surface area contributed by atoms with Crippen LogP contribution in [0.2, 0.25) is 0 Å². The van der Waals surface area contributed by atoms with Gasteiger partial charge in [0, 0.05) is 19.2 Å². The molecule has 1 aromatic heterocycles. The van der Waals surface area contributed by atoms with Gasteiger partial charge in [0.2, 0.25) is 0 Å². The standard InChI is InChI=1S/C14H20N4O2/c1-4-15-8-11-6-5-7-12(19-3)14(11)20-9-13-16-10-17-18(13)2/h5-7,10,15H,4,8-9H2,1-3H3. The van der Waals surface area contributed by atoms with Crippen molar-refractivity contribution in [2.24, 2.45) is 7.05 Å². The SMILES string of the molecule is CCNCc1cccc(OC)c1OCc1ncnn1C. The molecule has 108 valence electrons. The van der Waals surface area contributed by atoms with Crippen LogP contribution in [0, 0.1) is 0 Å². The maximum atomic E-state index is 5.89. The summed E-state index contributed by atoms with van der Waals surface area (Å²) in [5, 5.41) is 7.32. The Balaban J connectivity index is 2.17. The van der Waals surface area contributed by atoms with Crippen LogP contribution in [-0.2, 0) is 20.2 Å². The molecule has 6 nitrogen and oxygen atoms in total. The molecule has 6 heteroatoms. The van der Waals surface area contributed by atoms with Crippen molar-refractivity contribution >= 4 is 0 Å². The highest BCUT2D eigenvalue weighted by Gasteiger charge is 2.11. The summed E-state index contributed by atoms with van der Waals surface area (Å²) in [7, 11) is 3.48. The summed E-state index contributed by atoms with van der Waals surface area (Å²) in [4.78, 5) is 4.15. The number of hydrogen-bond donors (Lipinski definition) is 1. The molecule has 0 radical (unpaired) electrons. The fourth-order valence-electron chi connectivity index (χ4n) is 1.87. The van der Waals surface area contributed by atoms with E-state index >= 15 is 0 Å². The molecule has 0 saturated heterocycles. The van der Waals surface area contributed by atoms with E-state index in [1.807, 2.05) is 25.2 Å². The van der Waals surface area contributed by atoms with E-state index in [-0.39, 0.29) is 0 Å². The van der Waals surface area contributed by atoms with Gasteiger partial charge in [0.05, 0.1) is 7.11 Å². The summed E-state index contributed by atoms with van der Waals surface area (Å²) in [5.74, 6) is 2.24. The van der Waals surface area contributed by atoms with Crippen molar-refractivity contribution in [3.05, 3.63) is 35.9 Å². The summed E-state index contributed by atoms with van der Waals surface area (Å²) < 4.78 is 13.0. The minimum Gasteiger partial charge on any atom is -0.493 e. The maximum Gasteiger partial charge on any atom is 0.166 e. The Morgan fingerprint density at radius 3 is 2.85 bits per heavy atom. The van der Waals surface area contributed by atoms with Crippen molar-refractivity contribution in [3.63, 3.8) is 0 Å². The highest BCUT2D eigenvalue weighted by atomic mass is 16.5. The van der Waals surface area contributed by atoms with E-state index < -0.39 is 0 Å². The number of ether oxygens (including phenoxy) is 2. The monoisotopic (exact) mass is 276 g/mol. The number of benzene rings is 1. The van der Waals surface area contributed by atoms with Crippen LogP contribution in [0.1, 0.15) is 18.3 Å². The van der Waals surface area contributed by atoms with Gasteiger partial charge in [-0.25, -0.2) is 4.98 Å². The number of nitrogens with one attached hydrogen (secondary N) is 1. The Bertz CT molecular complexity index is 554. The van der Waals surface area contributed by atoms with Crippen LogP contribution in [0.4, 0.5) is 0 Å². The molecule has 0 fully saturated rings. The predicted octanol–water partition coefficient (Wildman–Crippen LogP) is 1.51. The van der Waals surface area contributed by atoms with Crippen molar-refractivity contribution in [1.82, 2.24) is 20.1 Å². The predicted molar refractivity (Wildman–Crippen MR) is 75.7 cm³/mol. The molecule has 2 aromatic rings. The van der Waals surface area contributed by atoms with Gasteiger partial charge in [0.25, 0.3) is 0 Å². The van der Waals surface area contributed by atoms with Crippen LogP contribution in [0.5, 0.6) is 11.5 Å². The highest BCUT2D eigenvalue weighted by Crippen LogP contribution is 2.31. The number of hydrogen-bond acceptors (Lipinski definition) is 5. The van der Waals surface area contributed by atoms with Gasteiger partial charge in [-0.1, -0.05) is 19.1 Å². The molecule has 1 aromatic carbocycles. The Kier molecular flexibility index (Phi) is 4.95. The molecule has 0 amide bonds. The van der Waals surface area contributed by atoms with Gasteiger partial charge in [0.15, 0.2) is 17.3 Å². The Morgan fingerprint density at radius 1 is 1.35 bits per heavy atom. The van der Waals surface area contributed by atoms with Gasteiger partial charge in [-0.3, -0.25) is 4.68 Å². The number of aryl methyl sites for hydroxylation is 1. The zero-order chi connectivity index (χ0) is 14.4. The summed E-state index contributed by atoms with van der Waals surface area (Å²) in [6.45, 7) is 4.07. The number of rotatable bonds is 7. The molecule has 0 aliphatic rings. The summed E-state index contributed by atoms with van der Waals surface area (Å²) >= 11 is 0. The molecular formula is C14H20N4O2.